The summed E-state index contributed by atoms with van der Waals surface area (Å²) in [6, 6.07) is 0.808. The molecule has 1 aromatic carbocycles. The average molecular weight is 275 g/mol. The summed E-state index contributed by atoms with van der Waals surface area (Å²) in [4.78, 5) is 21.8. The molecule has 0 heterocycles. The zero-order valence-corrected chi connectivity index (χ0v) is 10.0. The highest BCUT2D eigenvalue weighted by Gasteiger charge is 2.14. The van der Waals surface area contributed by atoms with Gasteiger partial charge in [-0.1, -0.05) is 0 Å². The molecule has 3 amide bonds. The largest absolute Gasteiger partial charge is 0.355 e. The molecule has 19 heavy (non-hydrogen) atoms. The monoisotopic (exact) mass is 275 g/mol. The van der Waals surface area contributed by atoms with Crippen LogP contribution in [0.3, 0.4) is 0 Å². The molecule has 0 unspecified atom stereocenters. The smallest absolute Gasteiger partial charge is 0.319 e. The van der Waals surface area contributed by atoms with Crippen molar-refractivity contribution < 1.29 is 22.8 Å². The third-order valence-corrected chi connectivity index (χ3v) is 2.07. The van der Waals surface area contributed by atoms with Gasteiger partial charge in [-0.05, 0) is 12.1 Å². The molecular weight excluding hydrogens is 263 g/mol. The van der Waals surface area contributed by atoms with Gasteiger partial charge in [0.2, 0.25) is 5.91 Å². The first-order valence-corrected chi connectivity index (χ1v) is 5.34. The average Bonchev–Trinajstić information content (AvgIpc) is 2.35. The van der Waals surface area contributed by atoms with Crippen molar-refractivity contribution in [1.29, 1.82) is 0 Å². The van der Waals surface area contributed by atoms with E-state index in [1.165, 1.54) is 6.92 Å². The van der Waals surface area contributed by atoms with E-state index in [1.807, 2.05) is 5.32 Å². The van der Waals surface area contributed by atoms with Crippen LogP contribution in [0.5, 0.6) is 0 Å². The van der Waals surface area contributed by atoms with Crippen molar-refractivity contribution >= 4 is 17.6 Å². The maximum atomic E-state index is 13.2. The quantitative estimate of drug-likeness (QED) is 0.573. The molecule has 0 radical (unpaired) electrons. The van der Waals surface area contributed by atoms with E-state index in [2.05, 4.69) is 10.6 Å². The van der Waals surface area contributed by atoms with Gasteiger partial charge in [0.1, 0.15) is 0 Å². The predicted octanol–water partition coefficient (Wildman–Crippen LogP) is 1.36. The SMILES string of the molecule is CC(=O)NCCNC(=O)Nc1ccc(F)c(F)c1F. The van der Waals surface area contributed by atoms with Gasteiger partial charge >= 0.3 is 6.03 Å². The minimum absolute atomic E-state index is 0.108. The molecule has 0 atom stereocenters. The standard InChI is InChI=1S/C11H12F3N3O2/c1-6(18)15-4-5-16-11(19)17-8-3-2-7(12)9(13)10(8)14/h2-3H,4-5H2,1H3,(H,15,18)(H2,16,17,19). The molecule has 0 aromatic heterocycles. The highest BCUT2D eigenvalue weighted by molar-refractivity contribution is 5.89. The highest BCUT2D eigenvalue weighted by Crippen LogP contribution is 2.19. The zero-order chi connectivity index (χ0) is 14.4. The molecule has 0 spiro atoms. The third-order valence-electron chi connectivity index (χ3n) is 2.07. The molecule has 5 nitrogen and oxygen atoms in total. The van der Waals surface area contributed by atoms with E-state index in [1.54, 1.807) is 0 Å². The number of halogens is 3. The van der Waals surface area contributed by atoms with Crippen molar-refractivity contribution in [3.63, 3.8) is 0 Å². The second-order valence-corrected chi connectivity index (χ2v) is 3.59. The number of benzene rings is 1. The Bertz CT molecular complexity index is 494. The number of carbonyl (C=O) groups excluding carboxylic acids is 2. The molecule has 0 aliphatic heterocycles. The predicted molar refractivity (Wildman–Crippen MR) is 62.0 cm³/mol. The topological polar surface area (TPSA) is 70.2 Å². The summed E-state index contributed by atoms with van der Waals surface area (Å²) in [6.07, 6.45) is 0. The Morgan fingerprint density at radius 3 is 2.32 bits per heavy atom. The fourth-order valence-corrected chi connectivity index (χ4v) is 1.20. The summed E-state index contributed by atoms with van der Waals surface area (Å²) in [5, 5.41) is 6.75. The number of urea groups is 1. The van der Waals surface area contributed by atoms with Crippen LogP contribution in [0.1, 0.15) is 6.92 Å². The number of carbonyl (C=O) groups is 2. The molecule has 1 aromatic rings. The van der Waals surface area contributed by atoms with Gasteiger partial charge in [0, 0.05) is 20.0 Å². The number of anilines is 1. The van der Waals surface area contributed by atoms with Crippen molar-refractivity contribution in [3.8, 4) is 0 Å². The van der Waals surface area contributed by atoms with Gasteiger partial charge in [-0.3, -0.25) is 4.79 Å². The van der Waals surface area contributed by atoms with Crippen molar-refractivity contribution in [2.75, 3.05) is 18.4 Å². The van der Waals surface area contributed by atoms with Crippen LogP contribution in [0.2, 0.25) is 0 Å². The van der Waals surface area contributed by atoms with E-state index in [-0.39, 0.29) is 19.0 Å². The number of hydrogen-bond donors (Lipinski definition) is 3. The lowest BCUT2D eigenvalue weighted by Gasteiger charge is -2.09. The van der Waals surface area contributed by atoms with Gasteiger partial charge in [-0.15, -0.1) is 0 Å². The van der Waals surface area contributed by atoms with Gasteiger partial charge in [0.15, 0.2) is 17.5 Å². The fraction of sp³-hybridized carbons (Fsp3) is 0.273. The summed E-state index contributed by atoms with van der Waals surface area (Å²) >= 11 is 0. The molecule has 0 saturated heterocycles. The first-order chi connectivity index (χ1) is 8.91. The Labute approximate surface area is 107 Å². The summed E-state index contributed by atoms with van der Waals surface area (Å²) in [5.74, 6) is -4.73. The molecule has 0 aliphatic carbocycles. The normalized spacial score (nSPS) is 9.89. The number of rotatable bonds is 4. The molecule has 3 N–H and O–H groups in total. The second-order valence-electron chi connectivity index (χ2n) is 3.59. The van der Waals surface area contributed by atoms with Crippen LogP contribution in [0.4, 0.5) is 23.7 Å². The molecule has 0 saturated carbocycles. The summed E-state index contributed by atoms with van der Waals surface area (Å²) in [7, 11) is 0. The van der Waals surface area contributed by atoms with Crippen LogP contribution in [-0.4, -0.2) is 25.0 Å². The number of amides is 3. The van der Waals surface area contributed by atoms with E-state index in [0.29, 0.717) is 6.07 Å². The molecule has 1 rings (SSSR count). The van der Waals surface area contributed by atoms with Crippen LogP contribution >= 0.6 is 0 Å². The maximum absolute atomic E-state index is 13.2. The minimum atomic E-state index is -1.66. The van der Waals surface area contributed by atoms with E-state index in [4.69, 9.17) is 0 Å². The van der Waals surface area contributed by atoms with Gasteiger partial charge in [0.05, 0.1) is 5.69 Å². The molecular formula is C11H12F3N3O2. The Morgan fingerprint density at radius 2 is 1.68 bits per heavy atom. The third kappa shape index (κ3) is 4.49. The number of nitrogens with one attached hydrogen (secondary N) is 3. The van der Waals surface area contributed by atoms with Crippen LogP contribution in [-0.2, 0) is 4.79 Å². The van der Waals surface area contributed by atoms with E-state index < -0.39 is 29.2 Å². The minimum Gasteiger partial charge on any atom is -0.355 e. The van der Waals surface area contributed by atoms with E-state index >= 15 is 0 Å². The van der Waals surface area contributed by atoms with Gasteiger partial charge in [0.25, 0.3) is 0 Å². The Kier molecular flexibility index (Phi) is 5.16. The lowest BCUT2D eigenvalue weighted by atomic mass is 10.3. The molecule has 0 bridgehead atoms. The Hall–Kier alpha value is -2.25. The van der Waals surface area contributed by atoms with Crippen molar-refractivity contribution in [2.24, 2.45) is 0 Å². The Balaban J connectivity index is 2.49. The van der Waals surface area contributed by atoms with Crippen LogP contribution in [0.25, 0.3) is 0 Å². The van der Waals surface area contributed by atoms with Crippen LogP contribution in [0, 0.1) is 17.5 Å². The fourth-order valence-electron chi connectivity index (χ4n) is 1.20. The van der Waals surface area contributed by atoms with Gasteiger partial charge < -0.3 is 16.0 Å². The van der Waals surface area contributed by atoms with E-state index in [9.17, 15) is 22.8 Å². The summed E-state index contributed by atoms with van der Waals surface area (Å²) in [6.45, 7) is 1.62. The Morgan fingerprint density at radius 1 is 1.05 bits per heavy atom. The molecule has 104 valence electrons. The lowest BCUT2D eigenvalue weighted by Crippen LogP contribution is -2.36. The first-order valence-electron chi connectivity index (χ1n) is 5.34. The van der Waals surface area contributed by atoms with Gasteiger partial charge in [-0.25, -0.2) is 18.0 Å². The summed E-state index contributed by atoms with van der Waals surface area (Å²) < 4.78 is 38.7. The number of hydrogen-bond acceptors (Lipinski definition) is 2. The maximum Gasteiger partial charge on any atom is 0.319 e. The summed E-state index contributed by atoms with van der Waals surface area (Å²) in [5.41, 5.74) is -0.476. The second kappa shape index (κ2) is 6.62. The zero-order valence-electron chi connectivity index (χ0n) is 10.0. The van der Waals surface area contributed by atoms with Crippen LogP contribution < -0.4 is 16.0 Å². The van der Waals surface area contributed by atoms with Crippen LogP contribution in [0.15, 0.2) is 12.1 Å². The molecule has 0 aliphatic rings. The lowest BCUT2D eigenvalue weighted by molar-refractivity contribution is -0.118. The van der Waals surface area contributed by atoms with Crippen molar-refractivity contribution in [2.45, 2.75) is 6.92 Å². The molecule has 8 heteroatoms. The molecule has 0 fully saturated rings. The highest BCUT2D eigenvalue weighted by atomic mass is 19.2. The van der Waals surface area contributed by atoms with Crippen molar-refractivity contribution in [3.05, 3.63) is 29.6 Å². The van der Waals surface area contributed by atoms with Gasteiger partial charge in [-0.2, -0.15) is 0 Å². The van der Waals surface area contributed by atoms with Crippen molar-refractivity contribution in [1.82, 2.24) is 10.6 Å². The van der Waals surface area contributed by atoms with E-state index in [0.717, 1.165) is 6.07 Å². The first kappa shape index (κ1) is 14.8.